The van der Waals surface area contributed by atoms with Gasteiger partial charge in [0.15, 0.2) is 6.61 Å². The summed E-state index contributed by atoms with van der Waals surface area (Å²) in [4.78, 5) is 34.8. The van der Waals surface area contributed by atoms with Crippen molar-refractivity contribution in [2.45, 2.75) is 19.0 Å². The van der Waals surface area contributed by atoms with E-state index in [0.29, 0.717) is 18.7 Å². The standard InChI is InChI=1S/C14H14F3N3O5/c15-14(16,17)8-25-13(22)18-5-3-12(21)19-6-4-9-1-2-10(20(23)24)7-11(9)19/h1-2,7H,3-6,8H2,(H,18,22). The molecule has 1 heterocycles. The minimum atomic E-state index is -4.62. The molecule has 11 heteroatoms. The lowest BCUT2D eigenvalue weighted by atomic mass is 10.1. The predicted octanol–water partition coefficient (Wildman–Crippen LogP) is 2.16. The van der Waals surface area contributed by atoms with E-state index in [-0.39, 0.29) is 18.7 Å². The van der Waals surface area contributed by atoms with Crippen molar-refractivity contribution >= 4 is 23.4 Å². The van der Waals surface area contributed by atoms with Crippen molar-refractivity contribution in [3.63, 3.8) is 0 Å². The first-order valence-electron chi connectivity index (χ1n) is 7.22. The molecule has 0 bridgehead atoms. The summed E-state index contributed by atoms with van der Waals surface area (Å²) in [5.74, 6) is -0.407. The lowest BCUT2D eigenvalue weighted by Gasteiger charge is -2.17. The third kappa shape index (κ3) is 5.06. The van der Waals surface area contributed by atoms with Crippen molar-refractivity contribution in [2.75, 3.05) is 24.6 Å². The Hall–Kier alpha value is -2.85. The summed E-state index contributed by atoms with van der Waals surface area (Å²) in [6, 6.07) is 4.23. The van der Waals surface area contributed by atoms with Gasteiger partial charge in [0.25, 0.3) is 5.69 Å². The minimum Gasteiger partial charge on any atom is -0.440 e. The van der Waals surface area contributed by atoms with Crippen molar-refractivity contribution < 1.29 is 32.4 Å². The highest BCUT2D eigenvalue weighted by Crippen LogP contribution is 2.31. The van der Waals surface area contributed by atoms with Crippen LogP contribution in [-0.2, 0) is 16.0 Å². The summed E-state index contributed by atoms with van der Waals surface area (Å²) in [7, 11) is 0. The molecule has 0 aromatic heterocycles. The van der Waals surface area contributed by atoms with Crippen LogP contribution >= 0.6 is 0 Å². The highest BCUT2D eigenvalue weighted by atomic mass is 19.4. The fraction of sp³-hybridized carbons (Fsp3) is 0.429. The molecule has 25 heavy (non-hydrogen) atoms. The number of hydrogen-bond acceptors (Lipinski definition) is 5. The Morgan fingerprint density at radius 2 is 2.08 bits per heavy atom. The third-order valence-corrected chi connectivity index (χ3v) is 3.45. The monoisotopic (exact) mass is 361 g/mol. The van der Waals surface area contributed by atoms with Gasteiger partial charge in [-0.1, -0.05) is 6.07 Å². The van der Waals surface area contributed by atoms with Crippen LogP contribution in [0.3, 0.4) is 0 Å². The molecule has 0 radical (unpaired) electrons. The topological polar surface area (TPSA) is 102 Å². The van der Waals surface area contributed by atoms with Crippen LogP contribution in [0.15, 0.2) is 18.2 Å². The Bertz CT molecular complexity index is 693. The van der Waals surface area contributed by atoms with Gasteiger partial charge in [0.1, 0.15) is 0 Å². The molecule has 0 saturated heterocycles. The number of nitro benzene ring substituents is 1. The summed E-state index contributed by atoms with van der Waals surface area (Å²) in [5, 5.41) is 12.9. The number of hydrogen-bond donors (Lipinski definition) is 1. The fourth-order valence-electron chi connectivity index (χ4n) is 2.35. The van der Waals surface area contributed by atoms with Crippen LogP contribution in [0.1, 0.15) is 12.0 Å². The number of alkyl carbamates (subject to hydrolysis) is 1. The number of halogens is 3. The molecule has 0 fully saturated rings. The maximum Gasteiger partial charge on any atom is 0.422 e. The molecule has 2 rings (SSSR count). The number of non-ortho nitro benzene ring substituents is 1. The number of carbonyl (C=O) groups is 2. The van der Waals surface area contributed by atoms with Gasteiger partial charge in [0.2, 0.25) is 5.91 Å². The first-order chi connectivity index (χ1) is 11.7. The Morgan fingerprint density at radius 1 is 1.36 bits per heavy atom. The van der Waals surface area contributed by atoms with Crippen LogP contribution in [-0.4, -0.2) is 42.8 Å². The SMILES string of the molecule is O=C(NCCC(=O)N1CCc2ccc([N+](=O)[O-])cc21)OCC(F)(F)F. The predicted molar refractivity (Wildman–Crippen MR) is 79.2 cm³/mol. The number of nitrogens with one attached hydrogen (secondary N) is 1. The van der Waals surface area contributed by atoms with E-state index in [4.69, 9.17) is 0 Å². The van der Waals surface area contributed by atoms with E-state index >= 15 is 0 Å². The molecular formula is C14H14F3N3O5. The molecule has 0 atom stereocenters. The van der Waals surface area contributed by atoms with Crippen LogP contribution in [0.4, 0.5) is 29.3 Å². The Balaban J connectivity index is 1.86. The van der Waals surface area contributed by atoms with Crippen LogP contribution in [0.2, 0.25) is 0 Å². The van der Waals surface area contributed by atoms with Gasteiger partial charge in [-0.15, -0.1) is 0 Å². The Kier molecular flexibility index (Phi) is 5.45. The first-order valence-corrected chi connectivity index (χ1v) is 7.22. The summed E-state index contributed by atoms with van der Waals surface area (Å²) < 4.78 is 39.6. The van der Waals surface area contributed by atoms with Crippen molar-refractivity contribution in [3.05, 3.63) is 33.9 Å². The second-order valence-electron chi connectivity index (χ2n) is 5.23. The van der Waals surface area contributed by atoms with E-state index in [1.165, 1.54) is 17.0 Å². The zero-order chi connectivity index (χ0) is 18.6. The quantitative estimate of drug-likeness (QED) is 0.640. The highest BCUT2D eigenvalue weighted by molar-refractivity contribution is 5.96. The summed E-state index contributed by atoms with van der Waals surface area (Å²) >= 11 is 0. The lowest BCUT2D eigenvalue weighted by Crippen LogP contribution is -2.34. The lowest BCUT2D eigenvalue weighted by molar-refractivity contribution is -0.384. The molecule has 0 spiro atoms. The third-order valence-electron chi connectivity index (χ3n) is 3.45. The minimum absolute atomic E-state index is 0.146. The zero-order valence-electron chi connectivity index (χ0n) is 12.8. The average molecular weight is 361 g/mol. The van der Waals surface area contributed by atoms with Gasteiger partial charge in [-0.05, 0) is 12.0 Å². The van der Waals surface area contributed by atoms with Gasteiger partial charge in [0, 0.05) is 31.6 Å². The number of nitrogens with zero attached hydrogens (tertiary/aromatic N) is 2. The Morgan fingerprint density at radius 3 is 2.72 bits per heavy atom. The van der Waals surface area contributed by atoms with Crippen molar-refractivity contribution in [3.8, 4) is 0 Å². The fourth-order valence-corrected chi connectivity index (χ4v) is 2.35. The van der Waals surface area contributed by atoms with Gasteiger partial charge in [-0.25, -0.2) is 4.79 Å². The molecule has 2 amide bonds. The van der Waals surface area contributed by atoms with Crippen LogP contribution < -0.4 is 10.2 Å². The van der Waals surface area contributed by atoms with E-state index in [1.54, 1.807) is 6.07 Å². The molecule has 0 saturated carbocycles. The first kappa shape index (κ1) is 18.5. The van der Waals surface area contributed by atoms with Crippen LogP contribution in [0, 0.1) is 10.1 Å². The van der Waals surface area contributed by atoms with E-state index in [9.17, 15) is 32.9 Å². The summed E-state index contributed by atoms with van der Waals surface area (Å²) in [6.07, 6.45) is -5.53. The van der Waals surface area contributed by atoms with E-state index < -0.39 is 29.7 Å². The smallest absolute Gasteiger partial charge is 0.422 e. The second kappa shape index (κ2) is 7.36. The molecule has 0 unspecified atom stereocenters. The number of benzene rings is 1. The van der Waals surface area contributed by atoms with Crippen molar-refractivity contribution in [1.29, 1.82) is 0 Å². The van der Waals surface area contributed by atoms with Gasteiger partial charge >= 0.3 is 12.3 Å². The van der Waals surface area contributed by atoms with Crippen LogP contribution in [0.5, 0.6) is 0 Å². The maximum atomic E-state index is 12.2. The largest absolute Gasteiger partial charge is 0.440 e. The van der Waals surface area contributed by atoms with Crippen molar-refractivity contribution in [2.24, 2.45) is 0 Å². The number of amides is 2. The summed E-state index contributed by atoms with van der Waals surface area (Å²) in [5.41, 5.74) is 1.07. The zero-order valence-corrected chi connectivity index (χ0v) is 12.8. The number of fused-ring (bicyclic) bond motifs is 1. The molecule has 1 N–H and O–H groups in total. The molecule has 1 aromatic rings. The van der Waals surface area contributed by atoms with Gasteiger partial charge in [-0.2, -0.15) is 13.2 Å². The van der Waals surface area contributed by atoms with Gasteiger partial charge < -0.3 is 15.0 Å². The molecule has 1 aliphatic rings. The molecule has 0 aliphatic carbocycles. The molecule has 136 valence electrons. The van der Waals surface area contributed by atoms with Crippen molar-refractivity contribution in [1.82, 2.24) is 5.32 Å². The second-order valence-corrected chi connectivity index (χ2v) is 5.23. The highest BCUT2D eigenvalue weighted by Gasteiger charge is 2.30. The van der Waals surface area contributed by atoms with Crippen LogP contribution in [0.25, 0.3) is 0 Å². The number of alkyl halides is 3. The van der Waals surface area contributed by atoms with E-state index in [2.05, 4.69) is 4.74 Å². The van der Waals surface area contributed by atoms with E-state index in [1.807, 2.05) is 5.32 Å². The molecule has 8 nitrogen and oxygen atoms in total. The normalized spacial score (nSPS) is 13.3. The van der Waals surface area contributed by atoms with E-state index in [0.717, 1.165) is 5.56 Å². The molecular weight excluding hydrogens is 347 g/mol. The average Bonchev–Trinajstić information content (AvgIpc) is 2.95. The van der Waals surface area contributed by atoms with Gasteiger partial charge in [0.05, 0.1) is 10.6 Å². The number of nitro groups is 1. The number of anilines is 1. The summed E-state index contributed by atoms with van der Waals surface area (Å²) in [6.45, 7) is -1.58. The number of carbonyl (C=O) groups excluding carboxylic acids is 2. The Labute approximate surface area is 139 Å². The number of rotatable bonds is 5. The van der Waals surface area contributed by atoms with Gasteiger partial charge in [-0.3, -0.25) is 14.9 Å². The molecule has 1 aliphatic heterocycles. The maximum absolute atomic E-state index is 12.2. The number of ether oxygens (including phenoxy) is 1. The molecule has 1 aromatic carbocycles.